The number of hydrogen-bond acceptors (Lipinski definition) is 7. The number of allylic oxidation sites excluding steroid dienone is 3. The van der Waals surface area contributed by atoms with Crippen molar-refractivity contribution in [1.82, 2.24) is 9.97 Å². The molecule has 24 heavy (non-hydrogen) atoms. The van der Waals surface area contributed by atoms with Crippen molar-refractivity contribution in [3.63, 3.8) is 0 Å². The molecule has 0 bridgehead atoms. The summed E-state index contributed by atoms with van der Waals surface area (Å²) in [6.07, 6.45) is 2.17. The van der Waals surface area contributed by atoms with Gasteiger partial charge in [0.25, 0.3) is 0 Å². The number of ether oxygens (including phenoxy) is 2. The van der Waals surface area contributed by atoms with Gasteiger partial charge in [-0.3, -0.25) is 4.79 Å². The first kappa shape index (κ1) is 20.9. The van der Waals surface area contributed by atoms with E-state index in [1.165, 1.54) is 32.4 Å². The van der Waals surface area contributed by atoms with Crippen molar-refractivity contribution in [1.29, 1.82) is 0 Å². The maximum Gasteiger partial charge on any atom is 1.00 e. The van der Waals surface area contributed by atoms with Gasteiger partial charge in [0.15, 0.2) is 0 Å². The number of ketones is 1. The molecule has 0 N–H and O–H groups in total. The quantitative estimate of drug-likeness (QED) is 0.326. The van der Waals surface area contributed by atoms with E-state index in [4.69, 9.17) is 32.7 Å². The first-order valence-corrected chi connectivity index (χ1v) is 7.06. The summed E-state index contributed by atoms with van der Waals surface area (Å²) in [6.45, 7) is 0. The van der Waals surface area contributed by atoms with Crippen molar-refractivity contribution in [3.05, 3.63) is 34.6 Å². The molecular weight excluding hydrogens is 370 g/mol. The fourth-order valence-corrected chi connectivity index (χ4v) is 2.42. The predicted molar refractivity (Wildman–Crippen MR) is 79.7 cm³/mol. The molecule has 0 fully saturated rings. The van der Waals surface area contributed by atoms with Gasteiger partial charge >= 0.3 is 29.6 Å². The zero-order chi connectivity index (χ0) is 17.2. The molecule has 0 amide bonds. The van der Waals surface area contributed by atoms with Crippen molar-refractivity contribution in [2.24, 2.45) is 0 Å². The molecule has 1 aliphatic carbocycles. The first-order chi connectivity index (χ1) is 10.8. The number of hydrogen-bond donors (Lipinski definition) is 0. The zero-order valence-corrected chi connectivity index (χ0v) is 16.6. The van der Waals surface area contributed by atoms with E-state index in [-0.39, 0.29) is 64.2 Å². The molecule has 1 aliphatic rings. The van der Waals surface area contributed by atoms with Crippen LogP contribution in [0.15, 0.2) is 28.8 Å². The molecule has 0 spiro atoms. The zero-order valence-electron chi connectivity index (χ0n) is 13.1. The molecule has 1 heterocycles. The maximum atomic E-state index is 12.6. The van der Waals surface area contributed by atoms with Crippen LogP contribution in [0, 0.1) is 0 Å². The number of rotatable bonds is 5. The van der Waals surface area contributed by atoms with Crippen molar-refractivity contribution in [3.8, 4) is 11.8 Å². The van der Waals surface area contributed by atoms with E-state index in [1.807, 2.05) is 0 Å². The second-order valence-corrected chi connectivity index (χ2v) is 5.67. The molecule has 0 aliphatic heterocycles. The van der Waals surface area contributed by atoms with Crippen LogP contribution in [0.3, 0.4) is 0 Å². The van der Waals surface area contributed by atoms with Crippen LogP contribution < -0.4 is 44.1 Å². The predicted octanol–water partition coefficient (Wildman–Crippen LogP) is -2.14. The topological polar surface area (TPSA) is 101 Å². The van der Waals surface area contributed by atoms with Gasteiger partial charge in [-0.25, -0.2) is 0 Å². The number of carbonyl (C=O) groups excluding carboxylic acids is 2. The molecule has 1 aromatic rings. The number of carboxylic acids is 1. The molecule has 0 radical (unpaired) electrons. The Morgan fingerprint density at radius 3 is 2.25 bits per heavy atom. The third-order valence-electron chi connectivity index (χ3n) is 3.14. The summed E-state index contributed by atoms with van der Waals surface area (Å²) in [5.41, 5.74) is -0.271. The summed E-state index contributed by atoms with van der Waals surface area (Å²) in [5.74, 6) is -2.27. The smallest absolute Gasteiger partial charge is 0.545 e. The van der Waals surface area contributed by atoms with Crippen molar-refractivity contribution >= 4 is 35.0 Å². The molecule has 1 aromatic heterocycles. The number of nitrogens with zero attached hydrogens (tertiary/aromatic N) is 2. The van der Waals surface area contributed by atoms with Crippen molar-refractivity contribution in [2.75, 3.05) is 14.2 Å². The number of Topliss-reactive ketones (excluding diaryl/α,β-unsaturated/α-hetero) is 1. The van der Waals surface area contributed by atoms with Crippen molar-refractivity contribution in [2.45, 2.75) is 11.3 Å². The Labute approximate surface area is 169 Å². The molecule has 0 saturated heterocycles. The van der Waals surface area contributed by atoms with Crippen LogP contribution in [0.2, 0.25) is 0 Å². The monoisotopic (exact) mass is 380 g/mol. The van der Waals surface area contributed by atoms with Gasteiger partial charge in [-0.2, -0.15) is 9.97 Å². The van der Waals surface area contributed by atoms with Crippen LogP contribution in [0.1, 0.15) is 17.0 Å². The SMILES string of the molecule is COc1cc(OC)nc(C(=O)C2(Cl)C=CC(Cl)=C(C(=O)[O-])C2)n1.[Na+]. The van der Waals surface area contributed by atoms with Crippen LogP contribution in [-0.4, -0.2) is 40.8 Å². The molecule has 1 unspecified atom stereocenters. The summed E-state index contributed by atoms with van der Waals surface area (Å²) in [7, 11) is 2.73. The fourth-order valence-electron chi connectivity index (χ4n) is 1.93. The number of alkyl halides is 1. The summed E-state index contributed by atoms with van der Waals surface area (Å²) in [5, 5.41) is 11.0. The molecule has 122 valence electrons. The molecule has 0 saturated carbocycles. The number of aliphatic carboxylic acids is 1. The first-order valence-electron chi connectivity index (χ1n) is 6.30. The summed E-state index contributed by atoms with van der Waals surface area (Å²) in [4.78, 5) is 29.9. The van der Waals surface area contributed by atoms with Crippen LogP contribution in [-0.2, 0) is 4.79 Å². The normalized spacial score (nSPS) is 19.5. The largest absolute Gasteiger partial charge is 1.00 e. The van der Waals surface area contributed by atoms with E-state index in [0.717, 1.165) is 0 Å². The van der Waals surface area contributed by atoms with Crippen LogP contribution in [0.25, 0.3) is 0 Å². The van der Waals surface area contributed by atoms with Gasteiger partial charge in [-0.15, -0.1) is 11.6 Å². The molecule has 2 rings (SSSR count). The molecule has 10 heteroatoms. The fraction of sp³-hybridized carbons (Fsp3) is 0.286. The standard InChI is InChI=1S/C14H12Cl2N2O5.Na/c1-22-9-5-10(23-2)18-12(17-9)11(19)14(16)4-3-8(15)7(6-14)13(20)21;/h3-5H,6H2,1-2H3,(H,20,21);/q;+1/p-1. The molecular formula is C14H11Cl2N2NaO5. The Morgan fingerprint density at radius 2 is 1.79 bits per heavy atom. The number of carbonyl (C=O) groups is 2. The van der Waals surface area contributed by atoms with Gasteiger partial charge in [0.2, 0.25) is 23.4 Å². The minimum Gasteiger partial charge on any atom is -0.545 e. The molecule has 1 atom stereocenters. The van der Waals surface area contributed by atoms with Crippen molar-refractivity contribution < 1.29 is 53.7 Å². The van der Waals surface area contributed by atoms with Gasteiger partial charge < -0.3 is 19.4 Å². The summed E-state index contributed by atoms with van der Waals surface area (Å²) < 4.78 is 9.93. The van der Waals surface area contributed by atoms with Crippen LogP contribution in [0.4, 0.5) is 0 Å². The number of carboxylic acid groups (broad SMARTS) is 1. The van der Waals surface area contributed by atoms with Crippen LogP contribution in [0.5, 0.6) is 11.8 Å². The number of halogens is 2. The van der Waals surface area contributed by atoms with E-state index in [1.54, 1.807) is 0 Å². The average molecular weight is 381 g/mol. The van der Waals surface area contributed by atoms with Gasteiger partial charge in [0.1, 0.15) is 4.87 Å². The van der Waals surface area contributed by atoms with Gasteiger partial charge in [0.05, 0.1) is 26.3 Å². The minimum atomic E-state index is -1.69. The summed E-state index contributed by atoms with van der Waals surface area (Å²) in [6, 6.07) is 1.39. The van der Waals surface area contributed by atoms with Gasteiger partial charge in [-0.05, 0) is 11.6 Å². The molecule has 7 nitrogen and oxygen atoms in total. The van der Waals surface area contributed by atoms with E-state index < -0.39 is 16.6 Å². The Bertz CT molecular complexity index is 716. The maximum absolute atomic E-state index is 12.6. The molecule has 0 aromatic carbocycles. The number of aromatic nitrogens is 2. The van der Waals surface area contributed by atoms with Gasteiger partial charge in [0, 0.05) is 11.5 Å². The Hall–Kier alpha value is -1.12. The average Bonchev–Trinajstić information content (AvgIpc) is 2.55. The Kier molecular flexibility index (Phi) is 7.25. The van der Waals surface area contributed by atoms with E-state index >= 15 is 0 Å². The van der Waals surface area contributed by atoms with E-state index in [9.17, 15) is 14.7 Å². The number of methoxy groups -OCH3 is 2. The second kappa shape index (κ2) is 8.31. The van der Waals surface area contributed by atoms with Crippen LogP contribution >= 0.6 is 23.2 Å². The third kappa shape index (κ3) is 4.29. The minimum absolute atomic E-state index is 0. The van der Waals surface area contributed by atoms with E-state index in [0.29, 0.717) is 0 Å². The van der Waals surface area contributed by atoms with E-state index in [2.05, 4.69) is 9.97 Å². The second-order valence-electron chi connectivity index (χ2n) is 4.59. The van der Waals surface area contributed by atoms with Gasteiger partial charge in [-0.1, -0.05) is 17.7 Å². The Morgan fingerprint density at radius 1 is 1.25 bits per heavy atom. The Balaban J connectivity index is 0.00000288. The third-order valence-corrected chi connectivity index (χ3v) is 3.93. The summed E-state index contributed by atoms with van der Waals surface area (Å²) >= 11 is 12.1.